The first kappa shape index (κ1) is 17.0. The molecular formula is C18H22ClN3O2. The maximum absolute atomic E-state index is 11.4. The van der Waals surface area contributed by atoms with Gasteiger partial charge in [-0.2, -0.15) is 5.10 Å². The Labute approximate surface area is 147 Å². The molecule has 5 nitrogen and oxygen atoms in total. The first-order valence-electron chi connectivity index (χ1n) is 8.36. The summed E-state index contributed by atoms with van der Waals surface area (Å²) in [5, 5.41) is 14.2. The number of fused-ring (bicyclic) bond motifs is 1. The van der Waals surface area contributed by atoms with Crippen molar-refractivity contribution >= 4 is 18.4 Å². The van der Waals surface area contributed by atoms with E-state index in [2.05, 4.69) is 21.7 Å². The number of likely N-dealkylation sites (tertiary alicyclic amines) is 1. The Balaban J connectivity index is 0.00000169. The third kappa shape index (κ3) is 2.94. The molecule has 0 amide bonds. The van der Waals surface area contributed by atoms with E-state index in [1.807, 2.05) is 18.2 Å². The van der Waals surface area contributed by atoms with Crippen LogP contribution in [0.2, 0.25) is 0 Å². The molecule has 1 aromatic heterocycles. The first-order valence-corrected chi connectivity index (χ1v) is 8.36. The van der Waals surface area contributed by atoms with Gasteiger partial charge in [-0.25, -0.2) is 4.68 Å². The van der Waals surface area contributed by atoms with E-state index < -0.39 is 5.97 Å². The van der Waals surface area contributed by atoms with Gasteiger partial charge in [0.15, 0.2) is 0 Å². The molecule has 2 heterocycles. The summed E-state index contributed by atoms with van der Waals surface area (Å²) in [5.41, 5.74) is 4.80. The van der Waals surface area contributed by atoms with Gasteiger partial charge in [-0.05, 0) is 56.3 Å². The number of carbonyl (C=O) groups is 1. The van der Waals surface area contributed by atoms with Crippen LogP contribution in [0.3, 0.4) is 0 Å². The monoisotopic (exact) mass is 347 g/mol. The normalized spacial score (nSPS) is 19.9. The molecule has 1 aromatic carbocycles. The summed E-state index contributed by atoms with van der Waals surface area (Å²) in [6.07, 6.45) is 4.98. The maximum atomic E-state index is 11.4. The summed E-state index contributed by atoms with van der Waals surface area (Å²) in [6.45, 7) is 1.50. The molecule has 0 spiro atoms. The van der Waals surface area contributed by atoms with Crippen molar-refractivity contribution in [2.45, 2.75) is 44.7 Å². The number of hydrogen-bond donors (Lipinski definition) is 1. The number of carboxylic acid groups (broad SMARTS) is 1. The number of benzene rings is 1. The fourth-order valence-corrected chi connectivity index (χ4v) is 3.91. The van der Waals surface area contributed by atoms with Crippen LogP contribution in [-0.4, -0.2) is 38.3 Å². The summed E-state index contributed by atoms with van der Waals surface area (Å²) in [6, 6.07) is 9.86. The Morgan fingerprint density at radius 1 is 1.21 bits per heavy atom. The summed E-state index contributed by atoms with van der Waals surface area (Å²) < 4.78 is 2.06. The van der Waals surface area contributed by atoms with Crippen molar-refractivity contribution in [1.82, 2.24) is 14.7 Å². The van der Waals surface area contributed by atoms with E-state index in [4.69, 9.17) is 5.10 Å². The van der Waals surface area contributed by atoms with Crippen LogP contribution in [-0.2, 0) is 24.2 Å². The first-order chi connectivity index (χ1) is 11.2. The average molecular weight is 348 g/mol. The Morgan fingerprint density at radius 3 is 2.75 bits per heavy atom. The molecule has 1 aliphatic heterocycles. The largest absolute Gasteiger partial charge is 0.480 e. The second kappa shape index (κ2) is 6.95. The third-order valence-corrected chi connectivity index (χ3v) is 5.02. The molecule has 0 bridgehead atoms. The van der Waals surface area contributed by atoms with Crippen molar-refractivity contribution in [1.29, 1.82) is 0 Å². The van der Waals surface area contributed by atoms with Crippen LogP contribution in [0.25, 0.3) is 5.69 Å². The van der Waals surface area contributed by atoms with E-state index in [0.717, 1.165) is 50.0 Å². The lowest BCUT2D eigenvalue weighted by atomic mass is 10.1. The molecule has 0 radical (unpaired) electrons. The number of halogens is 1. The van der Waals surface area contributed by atoms with Crippen molar-refractivity contribution in [3.63, 3.8) is 0 Å². The Kier molecular flexibility index (Phi) is 4.92. The van der Waals surface area contributed by atoms with Gasteiger partial charge in [0.05, 0.1) is 11.4 Å². The zero-order valence-electron chi connectivity index (χ0n) is 13.5. The van der Waals surface area contributed by atoms with E-state index in [1.54, 1.807) is 0 Å². The smallest absolute Gasteiger partial charge is 0.320 e. The molecule has 6 heteroatoms. The van der Waals surface area contributed by atoms with Crippen LogP contribution in [0.4, 0.5) is 0 Å². The van der Waals surface area contributed by atoms with Crippen LogP contribution >= 0.6 is 12.4 Å². The molecule has 2 aliphatic rings. The second-order valence-corrected chi connectivity index (χ2v) is 6.44. The van der Waals surface area contributed by atoms with E-state index in [-0.39, 0.29) is 18.4 Å². The Bertz CT molecular complexity index is 729. The van der Waals surface area contributed by atoms with Crippen LogP contribution < -0.4 is 0 Å². The van der Waals surface area contributed by atoms with Gasteiger partial charge in [0.2, 0.25) is 0 Å². The molecule has 4 rings (SSSR count). The highest BCUT2D eigenvalue weighted by Gasteiger charge is 2.32. The molecule has 1 unspecified atom stereocenters. The van der Waals surface area contributed by atoms with E-state index in [0.29, 0.717) is 6.54 Å². The van der Waals surface area contributed by atoms with Crippen molar-refractivity contribution in [2.24, 2.45) is 0 Å². The molecule has 2 aromatic rings. The number of aliphatic carboxylic acids is 1. The summed E-state index contributed by atoms with van der Waals surface area (Å²) >= 11 is 0. The van der Waals surface area contributed by atoms with Crippen molar-refractivity contribution in [3.05, 3.63) is 47.3 Å². The predicted molar refractivity (Wildman–Crippen MR) is 93.9 cm³/mol. The molecule has 1 N–H and O–H groups in total. The van der Waals surface area contributed by atoms with Gasteiger partial charge in [0.25, 0.3) is 0 Å². The van der Waals surface area contributed by atoms with Gasteiger partial charge in [-0.15, -0.1) is 12.4 Å². The Morgan fingerprint density at radius 2 is 2.00 bits per heavy atom. The molecule has 1 atom stereocenters. The molecule has 1 saturated heterocycles. The van der Waals surface area contributed by atoms with Crippen molar-refractivity contribution in [3.8, 4) is 5.69 Å². The van der Waals surface area contributed by atoms with Crippen LogP contribution in [0, 0.1) is 0 Å². The highest BCUT2D eigenvalue weighted by molar-refractivity contribution is 5.85. The maximum Gasteiger partial charge on any atom is 0.320 e. The minimum absolute atomic E-state index is 0. The van der Waals surface area contributed by atoms with Crippen LogP contribution in [0.15, 0.2) is 30.3 Å². The fraction of sp³-hybridized carbons (Fsp3) is 0.444. The number of para-hydroxylation sites is 1. The van der Waals surface area contributed by atoms with Gasteiger partial charge >= 0.3 is 5.97 Å². The van der Waals surface area contributed by atoms with Crippen LogP contribution in [0.5, 0.6) is 0 Å². The molecule has 1 fully saturated rings. The zero-order valence-corrected chi connectivity index (χ0v) is 14.3. The number of nitrogens with zero attached hydrogens (tertiary/aromatic N) is 3. The zero-order chi connectivity index (χ0) is 15.8. The lowest BCUT2D eigenvalue weighted by Crippen LogP contribution is -2.35. The standard InChI is InChI=1S/C18H21N3O2.ClH/c22-18(23)17-10-5-11-20(17)12-15-14-8-4-9-16(14)21(19-15)13-6-2-1-3-7-13;/h1-3,6-7,17H,4-5,8-12H2,(H,22,23);1H. The molecule has 24 heavy (non-hydrogen) atoms. The third-order valence-electron chi connectivity index (χ3n) is 5.02. The molecule has 128 valence electrons. The molecular weight excluding hydrogens is 326 g/mol. The number of rotatable bonds is 4. The van der Waals surface area contributed by atoms with E-state index in [1.165, 1.54) is 11.3 Å². The minimum atomic E-state index is -0.707. The van der Waals surface area contributed by atoms with Crippen molar-refractivity contribution in [2.75, 3.05) is 6.54 Å². The van der Waals surface area contributed by atoms with Crippen LogP contribution in [0.1, 0.15) is 36.2 Å². The van der Waals surface area contributed by atoms with Gasteiger partial charge in [-0.1, -0.05) is 18.2 Å². The number of carboxylic acids is 1. The van der Waals surface area contributed by atoms with Gasteiger partial charge in [0.1, 0.15) is 6.04 Å². The average Bonchev–Trinajstić information content (AvgIpc) is 3.26. The quantitative estimate of drug-likeness (QED) is 0.924. The predicted octanol–water partition coefficient (Wildman–Crippen LogP) is 2.83. The van der Waals surface area contributed by atoms with E-state index >= 15 is 0 Å². The lowest BCUT2D eigenvalue weighted by molar-refractivity contribution is -0.142. The summed E-state index contributed by atoms with van der Waals surface area (Å²) in [7, 11) is 0. The SMILES string of the molecule is Cl.O=C(O)C1CCCN1Cc1nn(-c2ccccc2)c2c1CCC2. The highest BCUT2D eigenvalue weighted by atomic mass is 35.5. The molecule has 1 aliphatic carbocycles. The van der Waals surface area contributed by atoms with Crippen molar-refractivity contribution < 1.29 is 9.90 Å². The Hall–Kier alpha value is -1.85. The topological polar surface area (TPSA) is 58.4 Å². The number of aromatic nitrogens is 2. The highest BCUT2D eigenvalue weighted by Crippen LogP contribution is 2.30. The van der Waals surface area contributed by atoms with Gasteiger partial charge in [0, 0.05) is 12.2 Å². The van der Waals surface area contributed by atoms with E-state index in [9.17, 15) is 9.90 Å². The minimum Gasteiger partial charge on any atom is -0.480 e. The van der Waals surface area contributed by atoms with Gasteiger partial charge in [-0.3, -0.25) is 9.69 Å². The van der Waals surface area contributed by atoms with Gasteiger partial charge < -0.3 is 5.11 Å². The lowest BCUT2D eigenvalue weighted by Gasteiger charge is -2.20. The summed E-state index contributed by atoms with van der Waals surface area (Å²) in [4.78, 5) is 13.5. The fourth-order valence-electron chi connectivity index (χ4n) is 3.91. The molecule has 0 saturated carbocycles. The summed E-state index contributed by atoms with van der Waals surface area (Å²) in [5.74, 6) is -0.707. The number of hydrogen-bond acceptors (Lipinski definition) is 3. The second-order valence-electron chi connectivity index (χ2n) is 6.44.